The second-order valence-electron chi connectivity index (χ2n) is 6.57. The van der Waals surface area contributed by atoms with Crippen molar-refractivity contribution in [1.29, 1.82) is 0 Å². The maximum Gasteiger partial charge on any atom is 0.165 e. The molecule has 0 heterocycles. The number of hydrogen-bond donors (Lipinski definition) is 0. The van der Waals surface area contributed by atoms with Crippen LogP contribution in [0.2, 0.25) is 0 Å². The smallest absolute Gasteiger partial charge is 0.165 e. The summed E-state index contributed by atoms with van der Waals surface area (Å²) in [6.45, 7) is 2.33. The Bertz CT molecular complexity index is 660. The van der Waals surface area contributed by atoms with E-state index in [9.17, 15) is 4.39 Å². The van der Waals surface area contributed by atoms with Crippen LogP contribution in [0.1, 0.15) is 44.1 Å². The van der Waals surface area contributed by atoms with Crippen LogP contribution < -0.4 is 4.74 Å². The first-order valence-corrected chi connectivity index (χ1v) is 9.92. The van der Waals surface area contributed by atoms with E-state index in [1.54, 1.807) is 12.1 Å². The van der Waals surface area contributed by atoms with Crippen LogP contribution in [0.3, 0.4) is 0 Å². The van der Waals surface area contributed by atoms with Gasteiger partial charge in [-0.05, 0) is 73.3 Å². The average Bonchev–Trinajstić information content (AvgIpc) is 2.64. The number of alkyl halides is 1. The summed E-state index contributed by atoms with van der Waals surface area (Å²) in [5, 5.41) is 1.13. The molecule has 0 unspecified atom stereocenters. The lowest BCUT2D eigenvalue weighted by Gasteiger charge is -2.27. The molecule has 0 atom stereocenters. The molecule has 128 valence electrons. The molecule has 1 saturated carbocycles. The molecule has 0 aliphatic heterocycles. The van der Waals surface area contributed by atoms with Crippen molar-refractivity contribution >= 4 is 15.9 Å². The first-order valence-electron chi connectivity index (χ1n) is 8.80. The zero-order chi connectivity index (χ0) is 16.9. The highest BCUT2D eigenvalue weighted by molar-refractivity contribution is 9.09. The summed E-state index contributed by atoms with van der Waals surface area (Å²) in [5.41, 5.74) is 3.36. The highest BCUT2D eigenvalue weighted by Gasteiger charge is 2.21. The minimum Gasteiger partial charge on any atom is -0.491 e. The quantitative estimate of drug-likeness (QED) is 0.525. The molecule has 1 aliphatic rings. The van der Waals surface area contributed by atoms with Crippen molar-refractivity contribution < 1.29 is 9.13 Å². The largest absolute Gasteiger partial charge is 0.491 e. The number of ether oxygens (including phenoxy) is 1. The Morgan fingerprint density at radius 1 is 1.00 bits per heavy atom. The number of benzene rings is 2. The van der Waals surface area contributed by atoms with E-state index in [0.717, 1.165) is 22.4 Å². The van der Waals surface area contributed by atoms with Gasteiger partial charge in [-0.2, -0.15) is 0 Å². The van der Waals surface area contributed by atoms with Crippen LogP contribution in [0, 0.1) is 11.7 Å². The highest BCUT2D eigenvalue weighted by Crippen LogP contribution is 2.37. The molecule has 1 nitrogen and oxygen atoms in total. The van der Waals surface area contributed by atoms with Crippen molar-refractivity contribution in [1.82, 2.24) is 0 Å². The van der Waals surface area contributed by atoms with Crippen LogP contribution in [-0.4, -0.2) is 11.9 Å². The van der Waals surface area contributed by atoms with Crippen molar-refractivity contribution in [3.05, 3.63) is 53.8 Å². The molecule has 2 aromatic carbocycles. The molecule has 0 spiro atoms. The molecule has 1 fully saturated rings. The minimum absolute atomic E-state index is 0.300. The Morgan fingerprint density at radius 2 is 1.67 bits per heavy atom. The Hall–Kier alpha value is -1.35. The average molecular weight is 391 g/mol. The summed E-state index contributed by atoms with van der Waals surface area (Å²) >= 11 is 3.60. The summed E-state index contributed by atoms with van der Waals surface area (Å²) < 4.78 is 19.3. The van der Waals surface area contributed by atoms with E-state index in [4.69, 9.17) is 4.74 Å². The van der Waals surface area contributed by atoms with Gasteiger partial charge in [-0.25, -0.2) is 4.39 Å². The van der Waals surface area contributed by atoms with Gasteiger partial charge in [-0.1, -0.05) is 46.3 Å². The van der Waals surface area contributed by atoms with Crippen LogP contribution in [-0.2, 0) is 0 Å². The molecule has 0 bridgehead atoms. The molecular weight excluding hydrogens is 367 g/mol. The van der Waals surface area contributed by atoms with E-state index in [-0.39, 0.29) is 5.82 Å². The molecule has 24 heavy (non-hydrogen) atoms. The zero-order valence-corrected chi connectivity index (χ0v) is 15.7. The van der Waals surface area contributed by atoms with Crippen molar-refractivity contribution in [2.45, 2.75) is 38.5 Å². The van der Waals surface area contributed by atoms with Crippen LogP contribution in [0.15, 0.2) is 42.5 Å². The predicted octanol–water partition coefficient (Wildman–Crippen LogP) is 6.56. The third-order valence-corrected chi connectivity index (χ3v) is 5.93. The lowest BCUT2D eigenvalue weighted by atomic mass is 9.79. The Morgan fingerprint density at radius 3 is 2.25 bits per heavy atom. The number of halogens is 2. The molecule has 1 aliphatic carbocycles. The standard InChI is InChI=1S/C21H24BrFO/c1-2-24-21-12-11-19(13-20(21)23)18-9-7-17(8-10-18)16-5-3-15(14-22)4-6-16/h7-13,15-16H,2-6,14H2,1H3/t15-,16-. The molecule has 3 heteroatoms. The molecule has 3 rings (SSSR count). The minimum atomic E-state index is -0.300. The molecule has 0 saturated heterocycles. The maximum absolute atomic E-state index is 14.0. The van der Waals surface area contributed by atoms with Crippen molar-refractivity contribution in [3.8, 4) is 16.9 Å². The molecule has 0 aromatic heterocycles. The van der Waals surface area contributed by atoms with E-state index in [2.05, 4.69) is 40.2 Å². The van der Waals surface area contributed by atoms with Gasteiger partial charge in [0.05, 0.1) is 6.61 Å². The fraction of sp³-hybridized carbons (Fsp3) is 0.429. The van der Waals surface area contributed by atoms with E-state index >= 15 is 0 Å². The topological polar surface area (TPSA) is 9.23 Å². The fourth-order valence-electron chi connectivity index (χ4n) is 3.55. The highest BCUT2D eigenvalue weighted by atomic mass is 79.9. The van der Waals surface area contributed by atoms with Crippen LogP contribution in [0.25, 0.3) is 11.1 Å². The number of rotatable bonds is 5. The maximum atomic E-state index is 14.0. The van der Waals surface area contributed by atoms with Crippen LogP contribution in [0.5, 0.6) is 5.75 Å². The van der Waals surface area contributed by atoms with Gasteiger partial charge in [-0.15, -0.1) is 0 Å². The van der Waals surface area contributed by atoms with E-state index in [1.807, 2.05) is 13.0 Å². The van der Waals surface area contributed by atoms with Crippen molar-refractivity contribution in [2.24, 2.45) is 5.92 Å². The Kier molecular flexibility index (Phi) is 5.94. The van der Waals surface area contributed by atoms with Gasteiger partial charge in [0.2, 0.25) is 0 Å². The van der Waals surface area contributed by atoms with Gasteiger partial charge in [-0.3, -0.25) is 0 Å². The lowest BCUT2D eigenvalue weighted by Crippen LogP contribution is -2.14. The van der Waals surface area contributed by atoms with Gasteiger partial charge in [0.25, 0.3) is 0 Å². The van der Waals surface area contributed by atoms with Crippen molar-refractivity contribution in [3.63, 3.8) is 0 Å². The summed E-state index contributed by atoms with van der Waals surface area (Å²) in [5.74, 6) is 1.53. The van der Waals surface area contributed by atoms with Gasteiger partial charge in [0.15, 0.2) is 11.6 Å². The van der Waals surface area contributed by atoms with Crippen molar-refractivity contribution in [2.75, 3.05) is 11.9 Å². The summed E-state index contributed by atoms with van der Waals surface area (Å²) in [7, 11) is 0. The van der Waals surface area contributed by atoms with E-state index in [0.29, 0.717) is 18.3 Å². The van der Waals surface area contributed by atoms with E-state index < -0.39 is 0 Å². The monoisotopic (exact) mass is 390 g/mol. The third-order valence-electron chi connectivity index (χ3n) is 5.01. The van der Waals surface area contributed by atoms with Gasteiger partial charge >= 0.3 is 0 Å². The van der Waals surface area contributed by atoms with Crippen LogP contribution in [0.4, 0.5) is 4.39 Å². The Labute approximate surface area is 152 Å². The summed E-state index contributed by atoms with van der Waals surface area (Å²) in [4.78, 5) is 0. The van der Waals surface area contributed by atoms with Crippen LogP contribution >= 0.6 is 15.9 Å². The zero-order valence-electron chi connectivity index (χ0n) is 14.1. The molecule has 0 N–H and O–H groups in total. The SMILES string of the molecule is CCOc1ccc(-c2ccc([C@H]3CC[C@H](CBr)CC3)cc2)cc1F. The predicted molar refractivity (Wildman–Crippen MR) is 101 cm³/mol. The lowest BCUT2D eigenvalue weighted by molar-refractivity contribution is 0.321. The van der Waals surface area contributed by atoms with Gasteiger partial charge in [0, 0.05) is 5.33 Å². The number of hydrogen-bond acceptors (Lipinski definition) is 1. The second-order valence-corrected chi connectivity index (χ2v) is 7.22. The normalized spacial score (nSPS) is 20.8. The second kappa shape index (κ2) is 8.15. The van der Waals surface area contributed by atoms with E-state index in [1.165, 1.54) is 31.2 Å². The first-order chi connectivity index (χ1) is 11.7. The first kappa shape index (κ1) is 17.5. The molecule has 0 radical (unpaired) electrons. The Balaban J connectivity index is 1.71. The fourth-order valence-corrected chi connectivity index (χ4v) is 4.20. The van der Waals surface area contributed by atoms with Gasteiger partial charge in [0.1, 0.15) is 0 Å². The molecule has 0 amide bonds. The molecule has 2 aromatic rings. The van der Waals surface area contributed by atoms with Gasteiger partial charge < -0.3 is 4.74 Å². The third kappa shape index (κ3) is 4.00. The summed E-state index contributed by atoms with van der Waals surface area (Å²) in [6, 6.07) is 13.8. The summed E-state index contributed by atoms with van der Waals surface area (Å²) in [6.07, 6.45) is 5.16. The molecular formula is C21H24BrFO.